The van der Waals surface area contributed by atoms with E-state index in [1.54, 1.807) is 60.7 Å². The lowest BCUT2D eigenvalue weighted by Gasteiger charge is -2.29. The van der Waals surface area contributed by atoms with Crippen LogP contribution in [0.5, 0.6) is 5.75 Å². The molecule has 158 valence electrons. The van der Waals surface area contributed by atoms with Crippen LogP contribution in [0.4, 0.5) is 5.69 Å². The molecule has 1 aromatic heterocycles. The number of furan rings is 1. The number of amides is 2. The molecule has 7 nitrogen and oxygen atoms in total. The number of rotatable bonds is 5. The molecule has 0 saturated carbocycles. The first-order chi connectivity index (χ1) is 15.5. The molecule has 8 heteroatoms. The molecular weight excluding hydrogens is 426 g/mol. The number of nitrogens with one attached hydrogen (secondary N) is 1. The maximum absolute atomic E-state index is 13.2. The molecule has 32 heavy (non-hydrogen) atoms. The van der Waals surface area contributed by atoms with E-state index in [9.17, 15) is 9.59 Å². The number of ether oxygens (including phenoxy) is 1. The Kier molecular flexibility index (Phi) is 5.83. The van der Waals surface area contributed by atoms with Gasteiger partial charge in [0.2, 0.25) is 0 Å². The summed E-state index contributed by atoms with van der Waals surface area (Å²) in [6.45, 7) is 2.34. The molecule has 2 aromatic carbocycles. The van der Waals surface area contributed by atoms with Gasteiger partial charge in [-0.3, -0.25) is 19.8 Å². The molecule has 0 aliphatic carbocycles. The second-order valence-corrected chi connectivity index (χ2v) is 7.17. The van der Waals surface area contributed by atoms with Gasteiger partial charge in [-0.15, -0.1) is 0 Å². The van der Waals surface area contributed by atoms with Gasteiger partial charge in [0.15, 0.2) is 5.11 Å². The van der Waals surface area contributed by atoms with Crippen molar-refractivity contribution < 1.29 is 18.7 Å². The molecule has 2 heterocycles. The van der Waals surface area contributed by atoms with Gasteiger partial charge in [0.1, 0.15) is 22.8 Å². The summed E-state index contributed by atoms with van der Waals surface area (Å²) >= 11 is 5.24. The number of carbonyl (C=O) groups is 2. The van der Waals surface area contributed by atoms with E-state index < -0.39 is 11.8 Å². The van der Waals surface area contributed by atoms with Gasteiger partial charge in [0.25, 0.3) is 11.8 Å². The molecule has 2 amide bonds. The zero-order valence-electron chi connectivity index (χ0n) is 17.0. The molecule has 0 unspecified atom stereocenters. The molecule has 1 aliphatic rings. The Morgan fingerprint density at radius 2 is 1.94 bits per heavy atom. The third-order valence-electron chi connectivity index (χ3n) is 4.70. The molecule has 0 atom stereocenters. The van der Waals surface area contributed by atoms with Crippen LogP contribution >= 0.6 is 12.2 Å². The van der Waals surface area contributed by atoms with Crippen LogP contribution in [0.1, 0.15) is 18.2 Å². The van der Waals surface area contributed by atoms with Gasteiger partial charge in [0.05, 0.1) is 23.9 Å². The van der Waals surface area contributed by atoms with E-state index in [4.69, 9.17) is 26.6 Å². The van der Waals surface area contributed by atoms with E-state index in [-0.39, 0.29) is 10.7 Å². The SMILES string of the molecule is CCOc1cccc(N2C(=O)/C(=C/c3ccc(-c4ccc(C#N)cc4)o3)C(=O)NC2=S)c1. The quantitative estimate of drug-likeness (QED) is 0.363. The van der Waals surface area contributed by atoms with E-state index in [2.05, 4.69) is 11.4 Å². The van der Waals surface area contributed by atoms with Crippen LogP contribution in [0.3, 0.4) is 0 Å². The lowest BCUT2D eigenvalue weighted by molar-refractivity contribution is -0.122. The van der Waals surface area contributed by atoms with Crippen LogP contribution in [0.15, 0.2) is 70.7 Å². The monoisotopic (exact) mass is 443 g/mol. The molecule has 1 fully saturated rings. The Morgan fingerprint density at radius 3 is 2.66 bits per heavy atom. The average Bonchev–Trinajstić information content (AvgIpc) is 3.26. The molecule has 0 bridgehead atoms. The molecule has 4 rings (SSSR count). The summed E-state index contributed by atoms with van der Waals surface area (Å²) in [6, 6.07) is 19.2. The van der Waals surface area contributed by atoms with Crippen LogP contribution in [-0.2, 0) is 9.59 Å². The van der Waals surface area contributed by atoms with Crippen molar-refractivity contribution in [2.75, 3.05) is 11.5 Å². The highest BCUT2D eigenvalue weighted by Crippen LogP contribution is 2.27. The van der Waals surface area contributed by atoms with E-state index in [0.717, 1.165) is 5.56 Å². The van der Waals surface area contributed by atoms with Crippen molar-refractivity contribution in [1.29, 1.82) is 5.26 Å². The fraction of sp³-hybridized carbons (Fsp3) is 0.0833. The third-order valence-corrected chi connectivity index (χ3v) is 4.99. The number of nitriles is 1. The van der Waals surface area contributed by atoms with Crippen LogP contribution in [-0.4, -0.2) is 23.5 Å². The number of nitrogens with zero attached hydrogens (tertiary/aromatic N) is 2. The van der Waals surface area contributed by atoms with Crippen molar-refractivity contribution in [3.05, 3.63) is 77.6 Å². The molecule has 1 saturated heterocycles. The van der Waals surface area contributed by atoms with Gasteiger partial charge in [0, 0.05) is 11.6 Å². The standard InChI is InChI=1S/C24H17N3O4S/c1-2-30-18-5-3-4-17(12-18)27-23(29)20(22(28)26-24(27)32)13-19-10-11-21(31-19)16-8-6-15(14-25)7-9-16/h3-13H,2H2,1H3,(H,26,28,32)/b20-13+. The Morgan fingerprint density at radius 1 is 1.16 bits per heavy atom. The summed E-state index contributed by atoms with van der Waals surface area (Å²) in [6.07, 6.45) is 1.38. The predicted molar refractivity (Wildman–Crippen MR) is 123 cm³/mol. The number of thiocarbonyl (C=S) groups is 1. The summed E-state index contributed by atoms with van der Waals surface area (Å²) in [7, 11) is 0. The Labute approximate surface area is 189 Å². The van der Waals surface area contributed by atoms with E-state index in [1.807, 2.05) is 6.92 Å². The minimum absolute atomic E-state index is 0.0106. The zero-order valence-corrected chi connectivity index (χ0v) is 17.8. The largest absolute Gasteiger partial charge is 0.494 e. The van der Waals surface area contributed by atoms with Gasteiger partial charge >= 0.3 is 0 Å². The highest BCUT2D eigenvalue weighted by molar-refractivity contribution is 7.80. The molecular formula is C24H17N3O4S. The van der Waals surface area contributed by atoms with Crippen LogP contribution in [0.25, 0.3) is 17.4 Å². The van der Waals surface area contributed by atoms with E-state index in [0.29, 0.717) is 35.1 Å². The highest BCUT2D eigenvalue weighted by atomic mass is 32.1. The average molecular weight is 443 g/mol. The molecule has 1 N–H and O–H groups in total. The van der Waals surface area contributed by atoms with Gasteiger partial charge < -0.3 is 9.15 Å². The highest BCUT2D eigenvalue weighted by Gasteiger charge is 2.35. The number of hydrogen-bond acceptors (Lipinski definition) is 6. The van der Waals surface area contributed by atoms with Crippen LogP contribution in [0.2, 0.25) is 0 Å². The van der Waals surface area contributed by atoms with E-state index in [1.165, 1.54) is 11.0 Å². The summed E-state index contributed by atoms with van der Waals surface area (Å²) in [4.78, 5) is 26.9. The maximum atomic E-state index is 13.2. The molecule has 0 spiro atoms. The summed E-state index contributed by atoms with van der Waals surface area (Å²) in [5.74, 6) is 0.291. The minimum Gasteiger partial charge on any atom is -0.494 e. The Balaban J connectivity index is 1.64. The predicted octanol–water partition coefficient (Wildman–Crippen LogP) is 4.05. The second kappa shape index (κ2) is 8.88. The van der Waals surface area contributed by atoms with Gasteiger partial charge in [-0.2, -0.15) is 5.26 Å². The van der Waals surface area contributed by atoms with Crippen molar-refractivity contribution in [3.63, 3.8) is 0 Å². The first-order valence-electron chi connectivity index (χ1n) is 9.75. The van der Waals surface area contributed by atoms with E-state index >= 15 is 0 Å². The Hall–Kier alpha value is -4.22. The number of carbonyl (C=O) groups excluding carboxylic acids is 2. The zero-order chi connectivity index (χ0) is 22.7. The number of hydrogen-bond donors (Lipinski definition) is 1. The molecule has 3 aromatic rings. The fourth-order valence-corrected chi connectivity index (χ4v) is 3.49. The fourth-order valence-electron chi connectivity index (χ4n) is 3.21. The van der Waals surface area contributed by atoms with Crippen molar-refractivity contribution in [1.82, 2.24) is 5.32 Å². The lowest BCUT2D eigenvalue weighted by atomic mass is 10.1. The first-order valence-corrected chi connectivity index (χ1v) is 10.2. The smallest absolute Gasteiger partial charge is 0.270 e. The summed E-state index contributed by atoms with van der Waals surface area (Å²) in [5.41, 5.74) is 1.68. The second-order valence-electron chi connectivity index (χ2n) is 6.78. The van der Waals surface area contributed by atoms with Gasteiger partial charge in [-0.05, 0) is 73.7 Å². The molecule has 1 aliphatic heterocycles. The van der Waals surface area contributed by atoms with Crippen molar-refractivity contribution in [2.24, 2.45) is 0 Å². The van der Waals surface area contributed by atoms with Gasteiger partial charge in [-0.25, -0.2) is 0 Å². The lowest BCUT2D eigenvalue weighted by Crippen LogP contribution is -2.54. The van der Waals surface area contributed by atoms with Crippen molar-refractivity contribution in [2.45, 2.75) is 6.92 Å². The first kappa shape index (κ1) is 21.0. The molecule has 0 radical (unpaired) electrons. The number of benzene rings is 2. The maximum Gasteiger partial charge on any atom is 0.270 e. The van der Waals surface area contributed by atoms with Gasteiger partial charge in [-0.1, -0.05) is 6.07 Å². The van der Waals surface area contributed by atoms with Crippen molar-refractivity contribution in [3.8, 4) is 23.1 Å². The minimum atomic E-state index is -0.603. The summed E-state index contributed by atoms with van der Waals surface area (Å²) < 4.78 is 11.3. The van der Waals surface area contributed by atoms with Crippen LogP contribution < -0.4 is 15.0 Å². The third kappa shape index (κ3) is 4.15. The topological polar surface area (TPSA) is 95.6 Å². The van der Waals surface area contributed by atoms with Crippen LogP contribution in [0, 0.1) is 11.3 Å². The summed E-state index contributed by atoms with van der Waals surface area (Å²) in [5, 5.41) is 11.5. The van der Waals surface area contributed by atoms with Crippen molar-refractivity contribution >= 4 is 40.9 Å². The number of anilines is 1. The Bertz CT molecular complexity index is 1290. The normalized spacial score (nSPS) is 14.9.